The Bertz CT molecular complexity index is 691. The van der Waals surface area contributed by atoms with Crippen molar-refractivity contribution in [3.8, 4) is 5.75 Å². The Hall–Kier alpha value is -2.66. The fourth-order valence-corrected chi connectivity index (χ4v) is 2.37. The number of fused-ring (bicyclic) bond motifs is 1. The third kappa shape index (κ3) is 2.58. The summed E-state index contributed by atoms with van der Waals surface area (Å²) >= 11 is 0. The van der Waals surface area contributed by atoms with E-state index in [4.69, 9.17) is 9.57 Å². The van der Waals surface area contributed by atoms with Crippen LogP contribution in [0, 0.1) is 0 Å². The van der Waals surface area contributed by atoms with Crippen LogP contribution in [-0.2, 0) is 11.3 Å². The smallest absolute Gasteiger partial charge is 0.285 e. The number of hydrogen-bond donors (Lipinski definition) is 0. The molecular formula is C17H15NO4. The maximum Gasteiger partial charge on any atom is 0.285 e. The number of carbonyl (C=O) groups excluding carboxylic acids is 2. The lowest BCUT2D eigenvalue weighted by Crippen LogP contribution is -2.30. The number of carbonyl (C=O) groups is 2. The molecule has 0 unspecified atom stereocenters. The summed E-state index contributed by atoms with van der Waals surface area (Å²) in [6, 6.07) is 14.3. The van der Waals surface area contributed by atoms with E-state index in [1.807, 2.05) is 24.3 Å². The van der Waals surface area contributed by atoms with Crippen LogP contribution in [0.2, 0.25) is 0 Å². The Balaban J connectivity index is 1.63. The molecule has 1 heterocycles. The second kappa shape index (κ2) is 5.99. The number of hydroxylamine groups is 2. The molecule has 1 aliphatic heterocycles. The van der Waals surface area contributed by atoms with Gasteiger partial charge in [0.15, 0.2) is 0 Å². The predicted molar refractivity (Wildman–Crippen MR) is 79.6 cm³/mol. The standard InChI is InChI=1S/C17H15NO4/c1-21-13-6-4-5-12(11-13)9-10-22-18-16(19)14-7-2-3-8-15(14)17(18)20/h2-8,11H,9-10H2,1H3. The molecule has 0 spiro atoms. The molecule has 5 nitrogen and oxygen atoms in total. The molecule has 0 radical (unpaired) electrons. The quantitative estimate of drug-likeness (QED) is 0.796. The van der Waals surface area contributed by atoms with Crippen molar-refractivity contribution in [3.05, 3.63) is 65.2 Å². The van der Waals surface area contributed by atoms with Crippen molar-refractivity contribution in [2.45, 2.75) is 6.42 Å². The van der Waals surface area contributed by atoms with E-state index >= 15 is 0 Å². The first kappa shape index (κ1) is 14.3. The SMILES string of the molecule is COc1cccc(CCON2C(=O)c3ccccc3C2=O)c1. The second-order valence-corrected chi connectivity index (χ2v) is 4.89. The third-order valence-corrected chi connectivity index (χ3v) is 3.50. The highest BCUT2D eigenvalue weighted by Crippen LogP contribution is 2.22. The van der Waals surface area contributed by atoms with Gasteiger partial charge < -0.3 is 4.74 Å². The van der Waals surface area contributed by atoms with Crippen LogP contribution in [0.3, 0.4) is 0 Å². The van der Waals surface area contributed by atoms with E-state index < -0.39 is 11.8 Å². The number of imide groups is 1. The van der Waals surface area contributed by atoms with Gasteiger partial charge in [-0.15, -0.1) is 5.06 Å². The molecule has 2 amide bonds. The predicted octanol–water partition coefficient (Wildman–Crippen LogP) is 2.47. The molecule has 22 heavy (non-hydrogen) atoms. The zero-order chi connectivity index (χ0) is 15.5. The van der Waals surface area contributed by atoms with Gasteiger partial charge in [-0.2, -0.15) is 0 Å². The molecule has 112 valence electrons. The van der Waals surface area contributed by atoms with Crippen molar-refractivity contribution in [2.75, 3.05) is 13.7 Å². The molecule has 3 rings (SSSR count). The number of ether oxygens (including phenoxy) is 1. The maximum atomic E-state index is 12.1. The Morgan fingerprint density at radius 1 is 0.955 bits per heavy atom. The Labute approximate surface area is 128 Å². The number of methoxy groups -OCH3 is 1. The van der Waals surface area contributed by atoms with Crippen molar-refractivity contribution < 1.29 is 19.2 Å². The monoisotopic (exact) mass is 297 g/mol. The fourth-order valence-electron chi connectivity index (χ4n) is 2.37. The van der Waals surface area contributed by atoms with Crippen LogP contribution in [0.5, 0.6) is 5.75 Å². The number of hydrogen-bond acceptors (Lipinski definition) is 4. The Morgan fingerprint density at radius 3 is 2.27 bits per heavy atom. The number of nitrogens with zero attached hydrogens (tertiary/aromatic N) is 1. The molecule has 0 fully saturated rings. The summed E-state index contributed by atoms with van der Waals surface area (Å²) in [5.74, 6) is -0.0595. The maximum absolute atomic E-state index is 12.1. The highest BCUT2D eigenvalue weighted by Gasteiger charge is 2.36. The molecule has 2 aromatic carbocycles. The van der Waals surface area contributed by atoms with E-state index in [1.54, 1.807) is 31.4 Å². The summed E-state index contributed by atoms with van der Waals surface area (Å²) in [5, 5.41) is 0.838. The van der Waals surface area contributed by atoms with Crippen LogP contribution in [-0.4, -0.2) is 30.6 Å². The van der Waals surface area contributed by atoms with Crippen molar-refractivity contribution >= 4 is 11.8 Å². The average molecular weight is 297 g/mol. The van der Waals surface area contributed by atoms with Crippen LogP contribution in [0.1, 0.15) is 26.3 Å². The molecule has 1 aliphatic rings. The van der Waals surface area contributed by atoms with Gasteiger partial charge in [0.2, 0.25) is 0 Å². The zero-order valence-electron chi connectivity index (χ0n) is 12.1. The Kier molecular flexibility index (Phi) is 3.89. The van der Waals surface area contributed by atoms with E-state index in [0.29, 0.717) is 17.5 Å². The number of benzene rings is 2. The molecule has 0 aliphatic carbocycles. The van der Waals surface area contributed by atoms with Crippen LogP contribution >= 0.6 is 0 Å². The zero-order valence-corrected chi connectivity index (χ0v) is 12.1. The largest absolute Gasteiger partial charge is 0.497 e. The van der Waals surface area contributed by atoms with Crippen LogP contribution < -0.4 is 4.74 Å². The highest BCUT2D eigenvalue weighted by atomic mass is 16.7. The molecule has 0 atom stereocenters. The van der Waals surface area contributed by atoms with Crippen LogP contribution in [0.15, 0.2) is 48.5 Å². The molecule has 0 bridgehead atoms. The minimum atomic E-state index is -0.411. The van der Waals surface area contributed by atoms with E-state index in [2.05, 4.69) is 0 Å². The molecule has 0 aromatic heterocycles. The summed E-state index contributed by atoms with van der Waals surface area (Å²) < 4.78 is 5.15. The highest BCUT2D eigenvalue weighted by molar-refractivity contribution is 6.20. The van der Waals surface area contributed by atoms with Gasteiger partial charge >= 0.3 is 0 Å². The summed E-state index contributed by atoms with van der Waals surface area (Å²) in [6.07, 6.45) is 0.574. The van der Waals surface area contributed by atoms with Gasteiger partial charge in [0, 0.05) is 0 Å². The van der Waals surface area contributed by atoms with Crippen molar-refractivity contribution in [1.29, 1.82) is 0 Å². The molecule has 0 N–H and O–H groups in total. The van der Waals surface area contributed by atoms with Gasteiger partial charge in [-0.1, -0.05) is 24.3 Å². The minimum absolute atomic E-state index is 0.235. The van der Waals surface area contributed by atoms with E-state index in [-0.39, 0.29) is 6.61 Å². The summed E-state index contributed by atoms with van der Waals surface area (Å²) in [6.45, 7) is 0.235. The van der Waals surface area contributed by atoms with Crippen LogP contribution in [0.4, 0.5) is 0 Å². The lowest BCUT2D eigenvalue weighted by atomic mass is 10.1. The summed E-state index contributed by atoms with van der Waals surface area (Å²) in [5.41, 5.74) is 1.78. The lowest BCUT2D eigenvalue weighted by Gasteiger charge is -2.13. The van der Waals surface area contributed by atoms with Crippen molar-refractivity contribution in [1.82, 2.24) is 5.06 Å². The normalized spacial score (nSPS) is 13.4. The van der Waals surface area contributed by atoms with Gasteiger partial charge in [0.05, 0.1) is 24.8 Å². The first-order chi connectivity index (χ1) is 10.7. The summed E-state index contributed by atoms with van der Waals surface area (Å²) in [4.78, 5) is 29.6. The summed E-state index contributed by atoms with van der Waals surface area (Å²) in [7, 11) is 1.61. The molecule has 5 heteroatoms. The average Bonchev–Trinajstić information content (AvgIpc) is 2.80. The molecule has 0 saturated carbocycles. The molecular weight excluding hydrogens is 282 g/mol. The van der Waals surface area contributed by atoms with Gasteiger partial charge in [-0.3, -0.25) is 14.4 Å². The lowest BCUT2D eigenvalue weighted by molar-refractivity contribution is -0.0902. The van der Waals surface area contributed by atoms with E-state index in [1.165, 1.54) is 0 Å². The van der Waals surface area contributed by atoms with Crippen LogP contribution in [0.25, 0.3) is 0 Å². The molecule has 2 aromatic rings. The van der Waals surface area contributed by atoms with Gasteiger partial charge in [-0.05, 0) is 36.2 Å². The van der Waals surface area contributed by atoms with E-state index in [0.717, 1.165) is 16.4 Å². The first-order valence-electron chi connectivity index (χ1n) is 6.94. The van der Waals surface area contributed by atoms with Gasteiger partial charge in [0.1, 0.15) is 5.75 Å². The molecule has 0 saturated heterocycles. The van der Waals surface area contributed by atoms with Crippen molar-refractivity contribution in [2.24, 2.45) is 0 Å². The van der Waals surface area contributed by atoms with Gasteiger partial charge in [0.25, 0.3) is 11.8 Å². The fraction of sp³-hybridized carbons (Fsp3) is 0.176. The van der Waals surface area contributed by atoms with Gasteiger partial charge in [-0.25, -0.2) is 0 Å². The second-order valence-electron chi connectivity index (χ2n) is 4.89. The number of rotatable bonds is 5. The van der Waals surface area contributed by atoms with E-state index in [9.17, 15) is 9.59 Å². The first-order valence-corrected chi connectivity index (χ1v) is 6.94. The topological polar surface area (TPSA) is 55.8 Å². The minimum Gasteiger partial charge on any atom is -0.497 e. The third-order valence-electron chi connectivity index (χ3n) is 3.50. The van der Waals surface area contributed by atoms with Crippen molar-refractivity contribution in [3.63, 3.8) is 0 Å². The Morgan fingerprint density at radius 2 is 1.64 bits per heavy atom. The number of amides is 2.